The van der Waals surface area contributed by atoms with Crippen molar-refractivity contribution in [3.05, 3.63) is 64.2 Å². The Morgan fingerprint density at radius 3 is 2.42 bits per heavy atom. The molecular formula is C26H35N3O4. The van der Waals surface area contributed by atoms with Gasteiger partial charge in [-0.15, -0.1) is 0 Å². The molecule has 178 valence electrons. The van der Waals surface area contributed by atoms with E-state index in [9.17, 15) is 15.0 Å². The molecule has 0 saturated carbocycles. The van der Waals surface area contributed by atoms with Gasteiger partial charge in [0.2, 0.25) is 0 Å². The number of hydrogen-bond donors (Lipinski definition) is 2. The van der Waals surface area contributed by atoms with Crippen LogP contribution in [0.5, 0.6) is 5.75 Å². The number of ether oxygens (including phenoxy) is 1. The third-order valence-corrected chi connectivity index (χ3v) is 5.43. The summed E-state index contributed by atoms with van der Waals surface area (Å²) in [5, 5.41) is 19.8. The number of rotatable bonds is 11. The monoisotopic (exact) mass is 453 g/mol. The molecular weight excluding hydrogens is 418 g/mol. The predicted molar refractivity (Wildman–Crippen MR) is 131 cm³/mol. The second-order valence-electron chi connectivity index (χ2n) is 8.55. The molecule has 1 unspecified atom stereocenters. The molecule has 0 aliphatic heterocycles. The highest BCUT2D eigenvalue weighted by atomic mass is 16.5. The fourth-order valence-corrected chi connectivity index (χ4v) is 4.01. The minimum absolute atomic E-state index is 0.0540. The third-order valence-electron chi connectivity index (χ3n) is 5.43. The Morgan fingerprint density at radius 2 is 1.79 bits per heavy atom. The summed E-state index contributed by atoms with van der Waals surface area (Å²) < 4.78 is 7.66. The average Bonchev–Trinajstić information content (AvgIpc) is 2.79. The van der Waals surface area contributed by atoms with Crippen LogP contribution in [0.15, 0.2) is 47.3 Å². The van der Waals surface area contributed by atoms with Gasteiger partial charge in [-0.05, 0) is 69.6 Å². The molecule has 7 heteroatoms. The van der Waals surface area contributed by atoms with Crippen molar-refractivity contribution < 1.29 is 14.9 Å². The van der Waals surface area contributed by atoms with Crippen LogP contribution in [0.1, 0.15) is 58.0 Å². The van der Waals surface area contributed by atoms with E-state index in [4.69, 9.17) is 9.72 Å². The Hall–Kier alpha value is -2.74. The molecule has 0 radical (unpaired) electrons. The van der Waals surface area contributed by atoms with Crippen LogP contribution in [0, 0.1) is 0 Å². The molecule has 0 fully saturated rings. The first-order valence-electron chi connectivity index (χ1n) is 11.7. The number of benzene rings is 2. The molecule has 1 atom stereocenters. The number of fused-ring (bicyclic) bond motifs is 1. The topological polar surface area (TPSA) is 87.8 Å². The van der Waals surface area contributed by atoms with Crippen molar-refractivity contribution in [2.45, 2.75) is 59.3 Å². The third kappa shape index (κ3) is 5.79. The van der Waals surface area contributed by atoms with Crippen LogP contribution in [-0.4, -0.2) is 50.5 Å². The summed E-state index contributed by atoms with van der Waals surface area (Å²) in [6, 6.07) is 12.5. The van der Waals surface area contributed by atoms with E-state index in [0.29, 0.717) is 40.3 Å². The largest absolute Gasteiger partial charge is 0.489 e. The number of aliphatic hydroxyl groups excluding tert-OH is 2. The molecule has 0 spiro atoms. The summed E-state index contributed by atoms with van der Waals surface area (Å²) in [7, 11) is 0. The first kappa shape index (κ1) is 24.9. The van der Waals surface area contributed by atoms with Crippen LogP contribution in [0.2, 0.25) is 0 Å². The van der Waals surface area contributed by atoms with Gasteiger partial charge in [0.05, 0.1) is 35.8 Å². The van der Waals surface area contributed by atoms with Crippen LogP contribution >= 0.6 is 0 Å². The molecule has 0 saturated heterocycles. The minimum Gasteiger partial charge on any atom is -0.489 e. The SMILES string of the molecule is CCCN(CCC)Cc1nc2ccc(C(O)CO)cc2c(=O)n1-c1ccccc1OC(C)C. The van der Waals surface area contributed by atoms with Crippen molar-refractivity contribution in [2.75, 3.05) is 19.7 Å². The maximum Gasteiger partial charge on any atom is 0.266 e. The smallest absolute Gasteiger partial charge is 0.266 e. The van der Waals surface area contributed by atoms with Gasteiger partial charge < -0.3 is 14.9 Å². The van der Waals surface area contributed by atoms with E-state index >= 15 is 0 Å². The molecule has 0 bridgehead atoms. The molecule has 33 heavy (non-hydrogen) atoms. The van der Waals surface area contributed by atoms with Crippen molar-refractivity contribution in [1.82, 2.24) is 14.5 Å². The van der Waals surface area contributed by atoms with Gasteiger partial charge in [0.1, 0.15) is 17.7 Å². The summed E-state index contributed by atoms with van der Waals surface area (Å²) in [5.41, 5.74) is 1.46. The molecule has 2 aromatic carbocycles. The molecule has 2 N–H and O–H groups in total. The minimum atomic E-state index is -1.05. The fourth-order valence-electron chi connectivity index (χ4n) is 4.01. The first-order valence-corrected chi connectivity index (χ1v) is 11.7. The maximum absolute atomic E-state index is 13.9. The van der Waals surface area contributed by atoms with E-state index in [1.54, 1.807) is 22.8 Å². The van der Waals surface area contributed by atoms with Gasteiger partial charge in [-0.3, -0.25) is 14.3 Å². The molecule has 1 aromatic heterocycles. The highest BCUT2D eigenvalue weighted by molar-refractivity contribution is 5.79. The van der Waals surface area contributed by atoms with Crippen molar-refractivity contribution in [1.29, 1.82) is 0 Å². The van der Waals surface area contributed by atoms with Crippen LogP contribution in [-0.2, 0) is 6.54 Å². The number of nitrogens with zero attached hydrogens (tertiary/aromatic N) is 3. The van der Waals surface area contributed by atoms with Crippen LogP contribution in [0.4, 0.5) is 0 Å². The Morgan fingerprint density at radius 1 is 1.09 bits per heavy atom. The summed E-state index contributed by atoms with van der Waals surface area (Å²) in [5.74, 6) is 1.26. The van der Waals surface area contributed by atoms with Crippen molar-refractivity contribution in [3.8, 4) is 11.4 Å². The second kappa shape index (κ2) is 11.4. The molecule has 0 amide bonds. The quantitative estimate of drug-likeness (QED) is 0.459. The molecule has 3 rings (SSSR count). The van der Waals surface area contributed by atoms with E-state index in [2.05, 4.69) is 18.7 Å². The molecule has 7 nitrogen and oxygen atoms in total. The zero-order valence-corrected chi connectivity index (χ0v) is 20.0. The lowest BCUT2D eigenvalue weighted by molar-refractivity contribution is 0.0957. The van der Waals surface area contributed by atoms with Crippen LogP contribution < -0.4 is 10.3 Å². The van der Waals surface area contributed by atoms with Gasteiger partial charge in [-0.25, -0.2) is 4.98 Å². The predicted octanol–water partition coefficient (Wildman–Crippen LogP) is 3.82. The molecule has 1 heterocycles. The number of hydrogen-bond acceptors (Lipinski definition) is 6. The van der Waals surface area contributed by atoms with Gasteiger partial charge in [-0.1, -0.05) is 32.0 Å². The lowest BCUT2D eigenvalue weighted by atomic mass is 10.1. The first-order chi connectivity index (χ1) is 15.9. The second-order valence-corrected chi connectivity index (χ2v) is 8.55. The van der Waals surface area contributed by atoms with Crippen LogP contribution in [0.3, 0.4) is 0 Å². The van der Waals surface area contributed by atoms with Crippen LogP contribution in [0.25, 0.3) is 16.6 Å². The van der Waals surface area contributed by atoms with E-state index in [1.807, 2.05) is 38.1 Å². The zero-order valence-electron chi connectivity index (χ0n) is 20.0. The number of aliphatic hydroxyl groups is 2. The lowest BCUT2D eigenvalue weighted by Crippen LogP contribution is -2.31. The summed E-state index contributed by atoms with van der Waals surface area (Å²) >= 11 is 0. The molecule has 0 aliphatic rings. The van der Waals surface area contributed by atoms with E-state index in [-0.39, 0.29) is 11.7 Å². The van der Waals surface area contributed by atoms with Crippen molar-refractivity contribution in [2.24, 2.45) is 0 Å². The summed E-state index contributed by atoms with van der Waals surface area (Å²) in [6.07, 6.45) is 0.908. The Kier molecular flexibility index (Phi) is 8.61. The van der Waals surface area contributed by atoms with Gasteiger partial charge >= 0.3 is 0 Å². The Labute approximate surface area is 195 Å². The maximum atomic E-state index is 13.9. The Balaban J connectivity index is 2.27. The molecule has 3 aromatic rings. The van der Waals surface area contributed by atoms with Gasteiger partial charge in [0, 0.05) is 0 Å². The standard InChI is InChI=1S/C26H35N3O4/c1-5-13-28(14-6-2)16-25-27-21-12-11-19(23(31)17-30)15-20(21)26(32)29(25)22-9-7-8-10-24(22)33-18(3)4/h7-12,15,18,23,30-31H,5-6,13-14,16-17H2,1-4H3. The van der Waals surface area contributed by atoms with E-state index < -0.39 is 12.7 Å². The number of para-hydroxylation sites is 2. The van der Waals surface area contributed by atoms with Crippen molar-refractivity contribution >= 4 is 10.9 Å². The normalized spacial score (nSPS) is 12.6. The van der Waals surface area contributed by atoms with Crippen molar-refractivity contribution in [3.63, 3.8) is 0 Å². The van der Waals surface area contributed by atoms with Gasteiger partial charge in [-0.2, -0.15) is 0 Å². The highest BCUT2D eigenvalue weighted by Crippen LogP contribution is 2.26. The summed E-state index contributed by atoms with van der Waals surface area (Å²) in [4.78, 5) is 21.0. The lowest BCUT2D eigenvalue weighted by Gasteiger charge is -2.24. The van der Waals surface area contributed by atoms with Gasteiger partial charge in [0.15, 0.2) is 0 Å². The van der Waals surface area contributed by atoms with Gasteiger partial charge in [0.25, 0.3) is 5.56 Å². The van der Waals surface area contributed by atoms with E-state index in [0.717, 1.165) is 25.9 Å². The zero-order chi connectivity index (χ0) is 24.0. The fraction of sp³-hybridized carbons (Fsp3) is 0.462. The molecule has 0 aliphatic carbocycles. The highest BCUT2D eigenvalue weighted by Gasteiger charge is 2.19. The average molecular weight is 454 g/mol. The van der Waals surface area contributed by atoms with E-state index in [1.165, 1.54) is 0 Å². The summed E-state index contributed by atoms with van der Waals surface area (Å²) in [6.45, 7) is 10.1. The Bertz CT molecular complexity index is 1120. The number of aromatic nitrogens is 2.